The largest absolute Gasteiger partial charge is 0.341 e. The molecule has 2 unspecified atom stereocenters. The Morgan fingerprint density at radius 1 is 1.67 bits per heavy atom. The third kappa shape index (κ3) is 1.31. The van der Waals surface area contributed by atoms with E-state index in [1.54, 1.807) is 0 Å². The minimum Gasteiger partial charge on any atom is -0.341 e. The molecule has 0 aromatic heterocycles. The van der Waals surface area contributed by atoms with Crippen LogP contribution in [-0.4, -0.2) is 42.4 Å². The highest BCUT2D eigenvalue weighted by Gasteiger charge is 2.34. The topological polar surface area (TPSA) is 32.3 Å². The summed E-state index contributed by atoms with van der Waals surface area (Å²) in [5.41, 5.74) is 0. The van der Waals surface area contributed by atoms with Crippen molar-refractivity contribution in [2.75, 3.05) is 25.5 Å². The summed E-state index contributed by atoms with van der Waals surface area (Å²) in [7, 11) is 0. The van der Waals surface area contributed by atoms with Crippen LogP contribution in [0.25, 0.3) is 0 Å². The SMILES string of the molecule is O=C1C(CCl)NCC2CCN1C2. The fourth-order valence-electron chi connectivity index (χ4n) is 1.94. The molecule has 0 aromatic rings. The molecule has 4 heteroatoms. The van der Waals surface area contributed by atoms with Gasteiger partial charge in [0.1, 0.15) is 6.04 Å². The molecule has 2 atom stereocenters. The molecular formula is C8H13ClN2O. The van der Waals surface area contributed by atoms with Crippen LogP contribution in [0, 0.1) is 5.92 Å². The Hall–Kier alpha value is -0.280. The molecule has 2 aliphatic heterocycles. The van der Waals surface area contributed by atoms with Gasteiger partial charge in [0.25, 0.3) is 0 Å². The number of hydrogen-bond donors (Lipinski definition) is 1. The Labute approximate surface area is 77.1 Å². The molecule has 0 saturated carbocycles. The molecule has 0 aliphatic carbocycles. The zero-order valence-corrected chi connectivity index (χ0v) is 7.68. The van der Waals surface area contributed by atoms with Gasteiger partial charge in [-0.05, 0) is 12.3 Å². The highest BCUT2D eigenvalue weighted by Crippen LogP contribution is 2.19. The maximum absolute atomic E-state index is 11.6. The minimum absolute atomic E-state index is 0.142. The van der Waals surface area contributed by atoms with Gasteiger partial charge in [-0.2, -0.15) is 0 Å². The van der Waals surface area contributed by atoms with Gasteiger partial charge < -0.3 is 10.2 Å². The van der Waals surface area contributed by atoms with Gasteiger partial charge in [0.15, 0.2) is 0 Å². The van der Waals surface area contributed by atoms with Crippen LogP contribution >= 0.6 is 11.6 Å². The second kappa shape index (κ2) is 3.23. The van der Waals surface area contributed by atoms with Crippen LogP contribution in [0.1, 0.15) is 6.42 Å². The first-order valence-corrected chi connectivity index (χ1v) is 4.93. The van der Waals surface area contributed by atoms with E-state index < -0.39 is 0 Å². The standard InChI is InChI=1S/C8H13ClN2O/c9-3-7-8(12)11-2-1-6(5-11)4-10-7/h6-7,10H,1-5H2. The summed E-state index contributed by atoms with van der Waals surface area (Å²) in [6, 6.07) is -0.142. The first-order chi connectivity index (χ1) is 5.81. The van der Waals surface area contributed by atoms with Crippen molar-refractivity contribution < 1.29 is 4.79 Å². The molecule has 2 aliphatic rings. The van der Waals surface area contributed by atoms with Gasteiger partial charge in [0.2, 0.25) is 5.91 Å². The predicted molar refractivity (Wildman–Crippen MR) is 47.2 cm³/mol. The van der Waals surface area contributed by atoms with E-state index in [0.717, 1.165) is 26.1 Å². The average molecular weight is 189 g/mol. The number of carbonyl (C=O) groups is 1. The summed E-state index contributed by atoms with van der Waals surface area (Å²) in [6.07, 6.45) is 1.15. The van der Waals surface area contributed by atoms with E-state index in [0.29, 0.717) is 11.8 Å². The van der Waals surface area contributed by atoms with Crippen LogP contribution < -0.4 is 5.32 Å². The van der Waals surface area contributed by atoms with Gasteiger partial charge in [0, 0.05) is 25.5 Å². The Morgan fingerprint density at radius 2 is 2.50 bits per heavy atom. The van der Waals surface area contributed by atoms with Crippen LogP contribution in [0.2, 0.25) is 0 Å². The van der Waals surface area contributed by atoms with Gasteiger partial charge in [-0.3, -0.25) is 4.79 Å². The molecule has 1 amide bonds. The zero-order valence-electron chi connectivity index (χ0n) is 6.92. The fourth-order valence-corrected chi connectivity index (χ4v) is 2.18. The molecule has 2 rings (SSSR count). The maximum atomic E-state index is 11.6. The van der Waals surface area contributed by atoms with E-state index in [2.05, 4.69) is 5.32 Å². The quantitative estimate of drug-likeness (QED) is 0.590. The summed E-state index contributed by atoms with van der Waals surface area (Å²) >= 11 is 5.67. The number of nitrogens with one attached hydrogen (secondary N) is 1. The van der Waals surface area contributed by atoms with Crippen LogP contribution in [0.15, 0.2) is 0 Å². The number of rotatable bonds is 1. The van der Waals surface area contributed by atoms with Crippen molar-refractivity contribution in [2.24, 2.45) is 5.92 Å². The lowest BCUT2D eigenvalue weighted by molar-refractivity contribution is -0.131. The number of halogens is 1. The summed E-state index contributed by atoms with van der Waals surface area (Å²) in [5.74, 6) is 1.23. The van der Waals surface area contributed by atoms with Gasteiger partial charge >= 0.3 is 0 Å². The molecule has 12 heavy (non-hydrogen) atoms. The normalized spacial score (nSPS) is 35.4. The number of carbonyl (C=O) groups excluding carboxylic acids is 1. The second-order valence-corrected chi connectivity index (χ2v) is 3.86. The van der Waals surface area contributed by atoms with Crippen molar-refractivity contribution in [3.8, 4) is 0 Å². The molecule has 2 saturated heterocycles. The number of amides is 1. The van der Waals surface area contributed by atoms with Crippen molar-refractivity contribution >= 4 is 17.5 Å². The summed E-state index contributed by atoms with van der Waals surface area (Å²) in [4.78, 5) is 13.5. The Bertz CT molecular complexity index is 193. The van der Waals surface area contributed by atoms with Gasteiger partial charge in [-0.25, -0.2) is 0 Å². The third-order valence-electron chi connectivity index (χ3n) is 2.70. The van der Waals surface area contributed by atoms with Crippen molar-refractivity contribution in [1.82, 2.24) is 10.2 Å². The molecular weight excluding hydrogens is 176 g/mol. The van der Waals surface area contributed by atoms with Crippen LogP contribution in [0.5, 0.6) is 0 Å². The monoisotopic (exact) mass is 188 g/mol. The van der Waals surface area contributed by atoms with Gasteiger partial charge in [-0.15, -0.1) is 11.6 Å². The first-order valence-electron chi connectivity index (χ1n) is 4.39. The Kier molecular flexibility index (Phi) is 2.24. The Balaban J connectivity index is 2.10. The number of hydrogen-bond acceptors (Lipinski definition) is 2. The molecule has 2 bridgehead atoms. The van der Waals surface area contributed by atoms with Crippen LogP contribution in [-0.2, 0) is 4.79 Å². The molecule has 1 N–H and O–H groups in total. The van der Waals surface area contributed by atoms with E-state index in [-0.39, 0.29) is 11.9 Å². The van der Waals surface area contributed by atoms with Crippen molar-refractivity contribution in [1.29, 1.82) is 0 Å². The van der Waals surface area contributed by atoms with E-state index in [1.165, 1.54) is 0 Å². The van der Waals surface area contributed by atoms with Crippen molar-refractivity contribution in [3.05, 3.63) is 0 Å². The lowest BCUT2D eigenvalue weighted by Gasteiger charge is -2.20. The van der Waals surface area contributed by atoms with Crippen LogP contribution in [0.3, 0.4) is 0 Å². The number of fused-ring (bicyclic) bond motifs is 2. The summed E-state index contributed by atoms with van der Waals surface area (Å²) < 4.78 is 0. The highest BCUT2D eigenvalue weighted by atomic mass is 35.5. The smallest absolute Gasteiger partial charge is 0.240 e. The molecule has 2 fully saturated rings. The zero-order chi connectivity index (χ0) is 8.55. The van der Waals surface area contributed by atoms with E-state index in [4.69, 9.17) is 11.6 Å². The Morgan fingerprint density at radius 3 is 3.25 bits per heavy atom. The molecule has 0 radical (unpaired) electrons. The van der Waals surface area contributed by atoms with E-state index in [1.807, 2.05) is 4.90 Å². The molecule has 0 aromatic carbocycles. The lowest BCUT2D eigenvalue weighted by atomic mass is 10.1. The van der Waals surface area contributed by atoms with Gasteiger partial charge in [-0.1, -0.05) is 0 Å². The lowest BCUT2D eigenvalue weighted by Crippen LogP contribution is -2.45. The van der Waals surface area contributed by atoms with Crippen molar-refractivity contribution in [2.45, 2.75) is 12.5 Å². The number of alkyl halides is 1. The molecule has 2 heterocycles. The van der Waals surface area contributed by atoms with Crippen LogP contribution in [0.4, 0.5) is 0 Å². The summed E-state index contributed by atoms with van der Waals surface area (Å²) in [6.45, 7) is 2.80. The minimum atomic E-state index is -0.142. The van der Waals surface area contributed by atoms with E-state index >= 15 is 0 Å². The predicted octanol–water partition coefficient (Wildman–Crippen LogP) is 0.0455. The molecule has 68 valence electrons. The van der Waals surface area contributed by atoms with Crippen molar-refractivity contribution in [3.63, 3.8) is 0 Å². The number of nitrogens with zero attached hydrogens (tertiary/aromatic N) is 1. The van der Waals surface area contributed by atoms with E-state index in [9.17, 15) is 4.79 Å². The third-order valence-corrected chi connectivity index (χ3v) is 3.01. The molecule has 0 spiro atoms. The first kappa shape index (κ1) is 8.32. The summed E-state index contributed by atoms with van der Waals surface area (Å²) in [5, 5.41) is 3.19. The highest BCUT2D eigenvalue weighted by molar-refractivity contribution is 6.19. The molecule has 3 nitrogen and oxygen atoms in total. The van der Waals surface area contributed by atoms with Gasteiger partial charge in [0.05, 0.1) is 0 Å². The fraction of sp³-hybridized carbons (Fsp3) is 0.875. The maximum Gasteiger partial charge on any atom is 0.240 e. The average Bonchev–Trinajstić information content (AvgIpc) is 2.46. The second-order valence-electron chi connectivity index (χ2n) is 3.55.